The van der Waals surface area contributed by atoms with Crippen LogP contribution in [0.4, 0.5) is 0 Å². The van der Waals surface area contributed by atoms with E-state index in [0.29, 0.717) is 10.3 Å². The van der Waals surface area contributed by atoms with Gasteiger partial charge in [0.1, 0.15) is 5.69 Å². The quantitative estimate of drug-likeness (QED) is 0.552. The molecule has 0 unspecified atom stereocenters. The van der Waals surface area contributed by atoms with Crippen LogP contribution in [0.1, 0.15) is 39.0 Å². The van der Waals surface area contributed by atoms with Gasteiger partial charge >= 0.3 is 5.97 Å². The van der Waals surface area contributed by atoms with E-state index in [2.05, 4.69) is 0 Å². The number of hydrogen-bond donors (Lipinski definition) is 2. The number of rotatable bonds is 2. The van der Waals surface area contributed by atoms with Gasteiger partial charge in [-0.3, -0.25) is 4.79 Å². The van der Waals surface area contributed by atoms with Gasteiger partial charge in [0, 0.05) is 6.92 Å². The molecule has 5 heteroatoms. The van der Waals surface area contributed by atoms with E-state index in [9.17, 15) is 14.8 Å². The molecule has 0 amide bonds. The number of carbonyl (C=O) groups excluding carboxylic acids is 1. The Kier molecular flexibility index (Phi) is 2.33. The first-order chi connectivity index (χ1) is 6.37. The summed E-state index contributed by atoms with van der Waals surface area (Å²) >= 11 is 0. The van der Waals surface area contributed by atoms with Crippen LogP contribution >= 0.6 is 0 Å². The molecular weight excluding hydrogens is 186 g/mol. The van der Waals surface area contributed by atoms with Crippen molar-refractivity contribution in [3.63, 3.8) is 0 Å². The summed E-state index contributed by atoms with van der Waals surface area (Å²) in [5.74, 6) is -1.50. The van der Waals surface area contributed by atoms with Crippen molar-refractivity contribution in [2.75, 3.05) is 0 Å². The van der Waals surface area contributed by atoms with E-state index in [4.69, 9.17) is 5.11 Å². The molecule has 0 radical (unpaired) electrons. The first-order valence-corrected chi connectivity index (χ1v) is 4.03. The first kappa shape index (κ1) is 10.3. The van der Waals surface area contributed by atoms with Crippen LogP contribution in [0.3, 0.4) is 0 Å². The van der Waals surface area contributed by atoms with E-state index < -0.39 is 5.97 Å². The molecule has 2 N–H and O–H groups in total. The predicted molar refractivity (Wildman–Crippen MR) is 48.1 cm³/mol. The summed E-state index contributed by atoms with van der Waals surface area (Å²) in [4.78, 5) is 21.9. The molecule has 0 aromatic carbocycles. The van der Waals surface area contributed by atoms with Gasteiger partial charge in [0.2, 0.25) is 0 Å². The molecule has 5 nitrogen and oxygen atoms in total. The number of hydrogen-bond acceptors (Lipinski definition) is 3. The van der Waals surface area contributed by atoms with Gasteiger partial charge < -0.3 is 10.3 Å². The van der Waals surface area contributed by atoms with Crippen molar-refractivity contribution in [3.05, 3.63) is 22.5 Å². The van der Waals surface area contributed by atoms with Crippen molar-refractivity contribution < 1.29 is 19.9 Å². The van der Waals surface area contributed by atoms with Crippen LogP contribution in [0.5, 0.6) is 0 Å². The molecule has 0 saturated heterocycles. The number of ketones is 1. The van der Waals surface area contributed by atoms with Crippen LogP contribution in [0.15, 0.2) is 0 Å². The third-order valence-corrected chi connectivity index (χ3v) is 2.17. The summed E-state index contributed by atoms with van der Waals surface area (Å²) < 4.78 is 0.626. The summed E-state index contributed by atoms with van der Waals surface area (Å²) in [7, 11) is 0. The van der Waals surface area contributed by atoms with Crippen LogP contribution < -0.4 is 0 Å². The SMILES string of the molecule is CC(=O)c1c(C)c(C(=O)O)c(C)n1O. The minimum atomic E-state index is -1.14. The third-order valence-electron chi connectivity index (χ3n) is 2.17. The van der Waals surface area contributed by atoms with Crippen molar-refractivity contribution in [2.24, 2.45) is 0 Å². The molecule has 0 spiro atoms. The van der Waals surface area contributed by atoms with Gasteiger partial charge in [-0.2, -0.15) is 4.73 Å². The highest BCUT2D eigenvalue weighted by Crippen LogP contribution is 2.20. The molecule has 14 heavy (non-hydrogen) atoms. The fourth-order valence-electron chi connectivity index (χ4n) is 1.55. The minimum absolute atomic E-state index is 0.0160. The number of carboxylic acid groups (broad SMARTS) is 1. The van der Waals surface area contributed by atoms with Crippen LogP contribution in [0, 0.1) is 13.8 Å². The lowest BCUT2D eigenvalue weighted by Gasteiger charge is -1.98. The Balaban J connectivity index is 3.57. The zero-order valence-corrected chi connectivity index (χ0v) is 8.16. The molecule has 1 aromatic rings. The number of carboxylic acids is 1. The first-order valence-electron chi connectivity index (χ1n) is 4.03. The second-order valence-electron chi connectivity index (χ2n) is 3.11. The summed E-state index contributed by atoms with van der Waals surface area (Å²) in [6, 6.07) is 0. The number of carbonyl (C=O) groups is 2. The molecule has 0 bridgehead atoms. The third kappa shape index (κ3) is 1.26. The average Bonchev–Trinajstić information content (AvgIpc) is 2.23. The number of nitrogens with zero attached hydrogens (tertiary/aromatic N) is 1. The summed E-state index contributed by atoms with van der Waals surface area (Å²) in [5.41, 5.74) is 0.475. The number of Topliss-reactive ketones (excluding diaryl/α,β-unsaturated/α-hetero) is 1. The second-order valence-corrected chi connectivity index (χ2v) is 3.11. The van der Waals surface area contributed by atoms with Crippen molar-refractivity contribution in [1.29, 1.82) is 0 Å². The lowest BCUT2D eigenvalue weighted by atomic mass is 10.1. The summed E-state index contributed by atoms with van der Waals surface area (Å²) in [6.45, 7) is 4.23. The Labute approximate surface area is 80.5 Å². The predicted octanol–water partition coefficient (Wildman–Crippen LogP) is 1.24. The van der Waals surface area contributed by atoms with Crippen molar-refractivity contribution in [3.8, 4) is 0 Å². The maximum atomic E-state index is 11.1. The van der Waals surface area contributed by atoms with Crippen molar-refractivity contribution in [2.45, 2.75) is 20.8 Å². The highest BCUT2D eigenvalue weighted by molar-refractivity contribution is 6.00. The lowest BCUT2D eigenvalue weighted by Crippen LogP contribution is -2.05. The van der Waals surface area contributed by atoms with Gasteiger partial charge in [0.05, 0.1) is 11.3 Å². The van der Waals surface area contributed by atoms with Crippen molar-refractivity contribution in [1.82, 2.24) is 4.73 Å². The zero-order chi connectivity index (χ0) is 11.0. The molecule has 1 aromatic heterocycles. The molecule has 0 fully saturated rings. The second kappa shape index (κ2) is 3.17. The van der Waals surface area contributed by atoms with Gasteiger partial charge in [-0.1, -0.05) is 0 Å². The Morgan fingerprint density at radius 1 is 1.29 bits per heavy atom. The van der Waals surface area contributed by atoms with Gasteiger partial charge in [0.25, 0.3) is 0 Å². The summed E-state index contributed by atoms with van der Waals surface area (Å²) in [6.07, 6.45) is 0. The fraction of sp³-hybridized carbons (Fsp3) is 0.333. The molecule has 0 atom stereocenters. The van der Waals surface area contributed by atoms with Gasteiger partial charge in [-0.05, 0) is 19.4 Å². The highest BCUT2D eigenvalue weighted by atomic mass is 16.5. The largest absolute Gasteiger partial charge is 0.478 e. The topological polar surface area (TPSA) is 79.5 Å². The standard InChI is InChI=1S/C9H11NO4/c1-4-7(9(12)13)5(2)10(14)8(4)6(3)11/h14H,1-3H3,(H,12,13). The minimum Gasteiger partial charge on any atom is -0.478 e. The van der Waals surface area contributed by atoms with Crippen LogP contribution in [-0.4, -0.2) is 26.8 Å². The molecule has 0 aliphatic rings. The smallest absolute Gasteiger partial charge is 0.337 e. The van der Waals surface area contributed by atoms with Crippen molar-refractivity contribution >= 4 is 11.8 Å². The van der Waals surface area contributed by atoms with E-state index in [1.54, 1.807) is 0 Å². The lowest BCUT2D eigenvalue weighted by molar-refractivity contribution is 0.0691. The summed E-state index contributed by atoms with van der Waals surface area (Å²) in [5, 5.41) is 18.3. The van der Waals surface area contributed by atoms with E-state index in [1.807, 2.05) is 0 Å². The Hall–Kier alpha value is -1.78. The molecule has 1 rings (SSSR count). The van der Waals surface area contributed by atoms with E-state index in [1.165, 1.54) is 20.8 Å². The fourth-order valence-corrected chi connectivity index (χ4v) is 1.55. The van der Waals surface area contributed by atoms with Crippen LogP contribution in [-0.2, 0) is 0 Å². The zero-order valence-electron chi connectivity index (χ0n) is 8.16. The molecule has 0 aliphatic carbocycles. The molecule has 0 aliphatic heterocycles. The molecule has 0 saturated carbocycles. The molecule has 1 heterocycles. The monoisotopic (exact) mass is 197 g/mol. The number of aromatic nitrogens is 1. The van der Waals surface area contributed by atoms with Crippen LogP contribution in [0.25, 0.3) is 0 Å². The maximum absolute atomic E-state index is 11.1. The highest BCUT2D eigenvalue weighted by Gasteiger charge is 2.23. The number of aromatic carboxylic acids is 1. The van der Waals surface area contributed by atoms with Gasteiger partial charge in [-0.15, -0.1) is 0 Å². The Bertz CT molecular complexity index is 379. The van der Waals surface area contributed by atoms with E-state index in [-0.39, 0.29) is 22.7 Å². The van der Waals surface area contributed by atoms with E-state index >= 15 is 0 Å². The van der Waals surface area contributed by atoms with Crippen LogP contribution in [0.2, 0.25) is 0 Å². The maximum Gasteiger partial charge on any atom is 0.337 e. The average molecular weight is 197 g/mol. The Morgan fingerprint density at radius 2 is 1.79 bits per heavy atom. The van der Waals surface area contributed by atoms with Gasteiger partial charge in [0.15, 0.2) is 5.78 Å². The molecule has 76 valence electrons. The van der Waals surface area contributed by atoms with Gasteiger partial charge in [-0.25, -0.2) is 4.79 Å². The van der Waals surface area contributed by atoms with E-state index in [0.717, 1.165) is 0 Å². The Morgan fingerprint density at radius 3 is 2.00 bits per heavy atom. The normalized spacial score (nSPS) is 10.2. The molecular formula is C9H11NO4.